The largest absolute Gasteiger partial charge is 0.352 e. The van der Waals surface area contributed by atoms with Gasteiger partial charge in [-0.2, -0.15) is 0 Å². The molecular weight excluding hydrogens is 247 g/mol. The molecule has 0 aliphatic heterocycles. The summed E-state index contributed by atoms with van der Waals surface area (Å²) in [5, 5.41) is 3.41. The molecule has 1 amide bonds. The topological polar surface area (TPSA) is 55.1 Å². The van der Waals surface area contributed by atoms with E-state index in [9.17, 15) is 4.79 Å². The maximum absolute atomic E-state index is 11.7. The predicted molar refractivity (Wildman–Crippen MR) is 67.0 cm³/mol. The van der Waals surface area contributed by atoms with Crippen molar-refractivity contribution < 1.29 is 4.79 Å². The van der Waals surface area contributed by atoms with Gasteiger partial charge in [0.05, 0.1) is 15.6 Å². The first kappa shape index (κ1) is 13.3. The van der Waals surface area contributed by atoms with Crippen molar-refractivity contribution in [1.82, 2.24) is 5.32 Å². The number of hydrogen-bond donors (Lipinski definition) is 2. The zero-order chi connectivity index (χ0) is 12.1. The molecule has 1 rings (SSSR count). The van der Waals surface area contributed by atoms with E-state index in [1.807, 2.05) is 6.92 Å². The van der Waals surface area contributed by atoms with E-state index < -0.39 is 0 Å². The van der Waals surface area contributed by atoms with Crippen LogP contribution in [0.1, 0.15) is 17.3 Å². The van der Waals surface area contributed by atoms with Crippen LogP contribution >= 0.6 is 23.2 Å². The molecule has 0 bridgehead atoms. The van der Waals surface area contributed by atoms with Gasteiger partial charge in [-0.3, -0.25) is 4.79 Å². The Morgan fingerprint density at radius 2 is 2.19 bits per heavy atom. The fourth-order valence-corrected chi connectivity index (χ4v) is 1.51. The third kappa shape index (κ3) is 3.37. The van der Waals surface area contributed by atoms with Gasteiger partial charge in [-0.25, -0.2) is 0 Å². The van der Waals surface area contributed by atoms with Crippen molar-refractivity contribution in [2.24, 2.45) is 11.7 Å². The Morgan fingerprint density at radius 1 is 1.50 bits per heavy atom. The van der Waals surface area contributed by atoms with Gasteiger partial charge in [0.25, 0.3) is 5.91 Å². The molecule has 0 radical (unpaired) electrons. The Hall–Kier alpha value is -0.770. The van der Waals surface area contributed by atoms with Crippen LogP contribution in [-0.4, -0.2) is 19.0 Å². The number of nitrogens with two attached hydrogens (primary N) is 1. The third-order valence-electron chi connectivity index (χ3n) is 2.21. The van der Waals surface area contributed by atoms with Crippen LogP contribution in [0.3, 0.4) is 0 Å². The molecule has 0 saturated carbocycles. The van der Waals surface area contributed by atoms with Crippen LogP contribution in [0.5, 0.6) is 0 Å². The van der Waals surface area contributed by atoms with Gasteiger partial charge in [0.2, 0.25) is 0 Å². The van der Waals surface area contributed by atoms with Crippen molar-refractivity contribution in [3.8, 4) is 0 Å². The van der Waals surface area contributed by atoms with Crippen LogP contribution in [0.2, 0.25) is 10.0 Å². The van der Waals surface area contributed by atoms with Gasteiger partial charge in [0, 0.05) is 6.54 Å². The summed E-state index contributed by atoms with van der Waals surface area (Å²) in [6.07, 6.45) is 0. The number of hydrogen-bond acceptors (Lipinski definition) is 2. The van der Waals surface area contributed by atoms with Crippen LogP contribution in [-0.2, 0) is 0 Å². The van der Waals surface area contributed by atoms with E-state index in [-0.39, 0.29) is 16.8 Å². The Bertz CT molecular complexity index is 382. The van der Waals surface area contributed by atoms with Crippen LogP contribution in [0, 0.1) is 5.92 Å². The Balaban J connectivity index is 2.70. The monoisotopic (exact) mass is 260 g/mol. The second-order valence-corrected chi connectivity index (χ2v) is 4.44. The number of benzene rings is 1. The van der Waals surface area contributed by atoms with Crippen molar-refractivity contribution in [3.63, 3.8) is 0 Å². The molecule has 88 valence electrons. The quantitative estimate of drug-likeness (QED) is 0.873. The van der Waals surface area contributed by atoms with Crippen molar-refractivity contribution in [2.45, 2.75) is 6.92 Å². The van der Waals surface area contributed by atoms with E-state index in [1.165, 1.54) is 0 Å². The standard InChI is InChI=1S/C11H14Cl2N2O/c1-7(5-14)6-15-11(16)8-3-2-4-9(12)10(8)13/h2-4,7H,5-6,14H2,1H3,(H,15,16). The van der Waals surface area contributed by atoms with Gasteiger partial charge in [0.15, 0.2) is 0 Å². The minimum Gasteiger partial charge on any atom is -0.352 e. The molecule has 0 heterocycles. The van der Waals surface area contributed by atoms with Gasteiger partial charge in [-0.05, 0) is 24.6 Å². The molecule has 5 heteroatoms. The van der Waals surface area contributed by atoms with Crippen molar-refractivity contribution in [2.75, 3.05) is 13.1 Å². The molecule has 0 saturated heterocycles. The zero-order valence-electron chi connectivity index (χ0n) is 8.97. The lowest BCUT2D eigenvalue weighted by molar-refractivity contribution is 0.0948. The van der Waals surface area contributed by atoms with Crippen LogP contribution in [0.25, 0.3) is 0 Å². The molecule has 0 aliphatic rings. The molecule has 1 atom stereocenters. The molecule has 3 N–H and O–H groups in total. The third-order valence-corrected chi connectivity index (χ3v) is 3.03. The molecule has 16 heavy (non-hydrogen) atoms. The van der Waals surface area contributed by atoms with Crippen molar-refractivity contribution in [1.29, 1.82) is 0 Å². The number of nitrogens with one attached hydrogen (secondary N) is 1. The second kappa shape index (κ2) is 6.09. The summed E-state index contributed by atoms with van der Waals surface area (Å²) in [7, 11) is 0. The summed E-state index contributed by atoms with van der Waals surface area (Å²) in [4.78, 5) is 11.7. The Morgan fingerprint density at radius 3 is 2.81 bits per heavy atom. The molecule has 1 aromatic carbocycles. The summed E-state index contributed by atoms with van der Waals surface area (Å²) < 4.78 is 0. The molecule has 1 unspecified atom stereocenters. The molecular formula is C11H14Cl2N2O. The van der Waals surface area contributed by atoms with E-state index in [4.69, 9.17) is 28.9 Å². The van der Waals surface area contributed by atoms with Crippen LogP contribution in [0.15, 0.2) is 18.2 Å². The first-order valence-electron chi connectivity index (χ1n) is 4.98. The molecule has 3 nitrogen and oxygen atoms in total. The number of halogens is 2. The Labute approximate surface area is 105 Å². The molecule has 0 aliphatic carbocycles. The summed E-state index contributed by atoms with van der Waals surface area (Å²) in [6.45, 7) is 3.02. The zero-order valence-corrected chi connectivity index (χ0v) is 10.5. The average Bonchev–Trinajstić information content (AvgIpc) is 2.29. The van der Waals surface area contributed by atoms with Gasteiger partial charge in [-0.15, -0.1) is 0 Å². The highest BCUT2D eigenvalue weighted by Crippen LogP contribution is 2.25. The summed E-state index contributed by atoms with van der Waals surface area (Å²) in [5.41, 5.74) is 5.84. The van der Waals surface area contributed by atoms with Gasteiger partial charge in [0.1, 0.15) is 0 Å². The van der Waals surface area contributed by atoms with Gasteiger partial charge in [-0.1, -0.05) is 36.2 Å². The molecule has 0 aromatic heterocycles. The lowest BCUT2D eigenvalue weighted by atomic mass is 10.1. The smallest absolute Gasteiger partial charge is 0.252 e. The number of carbonyl (C=O) groups is 1. The highest BCUT2D eigenvalue weighted by molar-refractivity contribution is 6.43. The molecule has 0 fully saturated rings. The van der Waals surface area contributed by atoms with E-state index in [1.54, 1.807) is 18.2 Å². The summed E-state index contributed by atoms with van der Waals surface area (Å²) in [6, 6.07) is 4.97. The van der Waals surface area contributed by atoms with Crippen LogP contribution < -0.4 is 11.1 Å². The van der Waals surface area contributed by atoms with E-state index in [2.05, 4.69) is 5.32 Å². The number of amides is 1. The number of rotatable bonds is 4. The number of carbonyl (C=O) groups excluding carboxylic acids is 1. The first-order valence-corrected chi connectivity index (χ1v) is 5.74. The normalized spacial score (nSPS) is 12.2. The van der Waals surface area contributed by atoms with Crippen molar-refractivity contribution >= 4 is 29.1 Å². The first-order chi connectivity index (χ1) is 7.56. The second-order valence-electron chi connectivity index (χ2n) is 3.65. The average molecular weight is 261 g/mol. The molecule has 0 spiro atoms. The van der Waals surface area contributed by atoms with E-state index in [0.29, 0.717) is 23.7 Å². The SMILES string of the molecule is CC(CN)CNC(=O)c1cccc(Cl)c1Cl. The van der Waals surface area contributed by atoms with E-state index >= 15 is 0 Å². The maximum Gasteiger partial charge on any atom is 0.252 e. The summed E-state index contributed by atoms with van der Waals surface area (Å²) >= 11 is 11.7. The van der Waals surface area contributed by atoms with Crippen molar-refractivity contribution in [3.05, 3.63) is 33.8 Å². The van der Waals surface area contributed by atoms with Gasteiger partial charge < -0.3 is 11.1 Å². The highest BCUT2D eigenvalue weighted by atomic mass is 35.5. The fourth-order valence-electron chi connectivity index (χ4n) is 1.12. The minimum absolute atomic E-state index is 0.229. The highest BCUT2D eigenvalue weighted by Gasteiger charge is 2.12. The fraction of sp³-hybridized carbons (Fsp3) is 0.364. The Kier molecular flexibility index (Phi) is 5.06. The summed E-state index contributed by atoms with van der Waals surface area (Å²) in [5.74, 6) is 0.00899. The molecule has 1 aromatic rings. The maximum atomic E-state index is 11.7. The minimum atomic E-state index is -0.229. The van der Waals surface area contributed by atoms with E-state index in [0.717, 1.165) is 0 Å². The lowest BCUT2D eigenvalue weighted by Gasteiger charge is -2.11. The predicted octanol–water partition coefficient (Wildman–Crippen LogP) is 2.32. The lowest BCUT2D eigenvalue weighted by Crippen LogP contribution is -2.31. The van der Waals surface area contributed by atoms with Crippen LogP contribution in [0.4, 0.5) is 0 Å². The van der Waals surface area contributed by atoms with Gasteiger partial charge >= 0.3 is 0 Å².